The van der Waals surface area contributed by atoms with E-state index in [0.717, 1.165) is 5.56 Å². The molecule has 0 unspecified atom stereocenters. The van der Waals surface area contributed by atoms with E-state index >= 15 is 0 Å². The van der Waals surface area contributed by atoms with Crippen molar-refractivity contribution in [3.05, 3.63) is 35.9 Å². The van der Waals surface area contributed by atoms with Crippen molar-refractivity contribution in [1.82, 2.24) is 4.90 Å². The summed E-state index contributed by atoms with van der Waals surface area (Å²) in [5.74, 6) is -0.529. The molecule has 0 aromatic heterocycles. The van der Waals surface area contributed by atoms with Crippen molar-refractivity contribution in [2.75, 3.05) is 6.54 Å². The van der Waals surface area contributed by atoms with Gasteiger partial charge in [0.25, 0.3) is 0 Å². The summed E-state index contributed by atoms with van der Waals surface area (Å²) in [6.07, 6.45) is -0.0240. The molecule has 2 atom stereocenters. The molecule has 1 N–H and O–H groups in total. The predicted molar refractivity (Wildman–Crippen MR) is 92.8 cm³/mol. The smallest absolute Gasteiger partial charge is 0.411 e. The summed E-state index contributed by atoms with van der Waals surface area (Å²) in [5, 5.41) is 10.6. The van der Waals surface area contributed by atoms with Crippen molar-refractivity contribution >= 4 is 12.1 Å². The highest BCUT2D eigenvalue weighted by atomic mass is 16.6. The average molecular weight is 349 g/mol. The number of carbonyl (C=O) groups is 2. The third kappa shape index (κ3) is 5.19. The number of amides is 1. The van der Waals surface area contributed by atoms with E-state index in [-0.39, 0.29) is 19.6 Å². The number of aliphatic hydroxyl groups is 1. The van der Waals surface area contributed by atoms with E-state index < -0.39 is 29.3 Å². The Balaban J connectivity index is 2.08. The molecule has 25 heavy (non-hydrogen) atoms. The van der Waals surface area contributed by atoms with E-state index in [9.17, 15) is 14.7 Å². The van der Waals surface area contributed by atoms with Crippen LogP contribution < -0.4 is 0 Å². The minimum absolute atomic E-state index is 0.0590. The fourth-order valence-electron chi connectivity index (χ4n) is 2.77. The summed E-state index contributed by atoms with van der Waals surface area (Å²) in [4.78, 5) is 26.2. The minimum Gasteiger partial charge on any atom is -0.459 e. The third-order valence-corrected chi connectivity index (χ3v) is 4.20. The van der Waals surface area contributed by atoms with Crippen LogP contribution in [0.5, 0.6) is 0 Å². The SMILES string of the molecule is CC[C@]1(O)C[C@@H](C(=O)OCc2ccccc2)N(C(=O)OC(C)(C)C)C1. The molecule has 1 aliphatic rings. The van der Waals surface area contributed by atoms with E-state index in [0.29, 0.717) is 6.42 Å². The zero-order valence-electron chi connectivity index (χ0n) is 15.3. The maximum absolute atomic E-state index is 12.5. The third-order valence-electron chi connectivity index (χ3n) is 4.20. The maximum Gasteiger partial charge on any atom is 0.411 e. The highest BCUT2D eigenvalue weighted by Gasteiger charge is 2.48. The summed E-state index contributed by atoms with van der Waals surface area (Å²) in [5.41, 5.74) is -0.918. The van der Waals surface area contributed by atoms with Crippen LogP contribution in [-0.2, 0) is 20.9 Å². The van der Waals surface area contributed by atoms with Gasteiger partial charge in [-0.3, -0.25) is 4.90 Å². The minimum atomic E-state index is -1.10. The number of hydrogen-bond donors (Lipinski definition) is 1. The normalized spacial score (nSPS) is 23.4. The maximum atomic E-state index is 12.5. The lowest BCUT2D eigenvalue weighted by Gasteiger charge is -2.27. The van der Waals surface area contributed by atoms with E-state index in [2.05, 4.69) is 0 Å². The van der Waals surface area contributed by atoms with Crippen molar-refractivity contribution in [2.24, 2.45) is 0 Å². The number of benzene rings is 1. The summed E-state index contributed by atoms with van der Waals surface area (Å²) >= 11 is 0. The van der Waals surface area contributed by atoms with Gasteiger partial charge in [0, 0.05) is 6.42 Å². The molecule has 0 saturated carbocycles. The molecule has 1 aliphatic heterocycles. The Morgan fingerprint density at radius 1 is 1.28 bits per heavy atom. The molecule has 1 saturated heterocycles. The number of rotatable bonds is 4. The summed E-state index contributed by atoms with van der Waals surface area (Å²) in [6.45, 7) is 7.29. The van der Waals surface area contributed by atoms with Gasteiger partial charge in [-0.25, -0.2) is 9.59 Å². The first-order valence-electron chi connectivity index (χ1n) is 8.56. The molecule has 6 nitrogen and oxygen atoms in total. The Labute approximate surface area is 148 Å². The highest BCUT2D eigenvalue weighted by Crippen LogP contribution is 2.32. The Bertz CT molecular complexity index is 610. The van der Waals surface area contributed by atoms with Gasteiger partial charge >= 0.3 is 12.1 Å². The topological polar surface area (TPSA) is 76.1 Å². The standard InChI is InChI=1S/C19H27NO5/c1-5-19(23)11-15(20(13-19)17(22)25-18(2,3)4)16(21)24-12-14-9-7-6-8-10-14/h6-10,15,23H,5,11-13H2,1-4H3/t15-,19-/m0/s1. The van der Waals surface area contributed by atoms with Crippen LogP contribution in [0.2, 0.25) is 0 Å². The molecule has 1 fully saturated rings. The van der Waals surface area contributed by atoms with Crippen LogP contribution in [0.3, 0.4) is 0 Å². The van der Waals surface area contributed by atoms with Crippen molar-refractivity contribution in [1.29, 1.82) is 0 Å². The first-order chi connectivity index (χ1) is 11.6. The Kier molecular flexibility index (Phi) is 5.72. The fraction of sp³-hybridized carbons (Fsp3) is 0.579. The van der Waals surface area contributed by atoms with Crippen molar-refractivity contribution < 1.29 is 24.2 Å². The molecule has 1 heterocycles. The highest BCUT2D eigenvalue weighted by molar-refractivity contribution is 5.82. The quantitative estimate of drug-likeness (QED) is 0.846. The number of carbonyl (C=O) groups excluding carboxylic acids is 2. The van der Waals surface area contributed by atoms with Gasteiger partial charge < -0.3 is 14.6 Å². The van der Waals surface area contributed by atoms with Crippen molar-refractivity contribution in [3.63, 3.8) is 0 Å². The van der Waals surface area contributed by atoms with Crippen molar-refractivity contribution in [3.8, 4) is 0 Å². The van der Waals surface area contributed by atoms with Gasteiger partial charge in [-0.15, -0.1) is 0 Å². The molecule has 1 amide bonds. The number of esters is 1. The molecule has 138 valence electrons. The molecule has 0 aliphatic carbocycles. The molecule has 0 radical (unpaired) electrons. The monoisotopic (exact) mass is 349 g/mol. The number of likely N-dealkylation sites (tertiary alicyclic amines) is 1. The van der Waals surface area contributed by atoms with Crippen LogP contribution in [0.15, 0.2) is 30.3 Å². The number of ether oxygens (including phenoxy) is 2. The second-order valence-electron chi connectivity index (χ2n) is 7.50. The van der Waals surface area contributed by atoms with Crippen LogP contribution in [-0.4, -0.2) is 45.9 Å². The zero-order chi connectivity index (χ0) is 18.7. The first kappa shape index (κ1) is 19.2. The van der Waals surface area contributed by atoms with E-state index in [1.165, 1.54) is 4.90 Å². The van der Waals surface area contributed by atoms with Gasteiger partial charge in [0.2, 0.25) is 0 Å². The van der Waals surface area contributed by atoms with Crippen LogP contribution in [0.4, 0.5) is 4.79 Å². The average Bonchev–Trinajstić information content (AvgIpc) is 2.91. The van der Waals surface area contributed by atoms with Crippen LogP contribution in [0.25, 0.3) is 0 Å². The molecular formula is C19H27NO5. The van der Waals surface area contributed by atoms with E-state index in [1.807, 2.05) is 37.3 Å². The Hall–Kier alpha value is -2.08. The molecular weight excluding hydrogens is 322 g/mol. The largest absolute Gasteiger partial charge is 0.459 e. The lowest BCUT2D eigenvalue weighted by molar-refractivity contribution is -0.150. The molecule has 0 bridgehead atoms. The summed E-state index contributed by atoms with van der Waals surface area (Å²) in [6, 6.07) is 8.48. The zero-order valence-corrected chi connectivity index (χ0v) is 15.3. The number of hydrogen-bond acceptors (Lipinski definition) is 5. The second-order valence-corrected chi connectivity index (χ2v) is 7.50. The summed E-state index contributed by atoms with van der Waals surface area (Å²) < 4.78 is 10.7. The van der Waals surface area contributed by atoms with Crippen LogP contribution in [0.1, 0.15) is 46.1 Å². The van der Waals surface area contributed by atoms with Gasteiger partial charge in [0.15, 0.2) is 0 Å². The molecule has 1 aromatic carbocycles. The van der Waals surface area contributed by atoms with Gasteiger partial charge in [0.05, 0.1) is 12.1 Å². The Morgan fingerprint density at radius 2 is 1.92 bits per heavy atom. The predicted octanol–water partition coefficient (Wildman–Crippen LogP) is 2.88. The van der Waals surface area contributed by atoms with Gasteiger partial charge in [-0.2, -0.15) is 0 Å². The van der Waals surface area contributed by atoms with Crippen LogP contribution in [0, 0.1) is 0 Å². The molecule has 2 rings (SSSR count). The van der Waals surface area contributed by atoms with Crippen molar-refractivity contribution in [2.45, 2.75) is 64.4 Å². The lowest BCUT2D eigenvalue weighted by atomic mass is 9.97. The molecule has 0 spiro atoms. The Morgan fingerprint density at radius 3 is 2.48 bits per heavy atom. The lowest BCUT2D eigenvalue weighted by Crippen LogP contribution is -2.44. The first-order valence-corrected chi connectivity index (χ1v) is 8.56. The van der Waals surface area contributed by atoms with Gasteiger partial charge in [-0.05, 0) is 32.8 Å². The van der Waals surface area contributed by atoms with Gasteiger partial charge in [0.1, 0.15) is 18.2 Å². The number of β-amino-alcohol motifs (C(OH)–C–C–N with tert-alkyl or cyclic N) is 1. The van der Waals surface area contributed by atoms with Gasteiger partial charge in [-0.1, -0.05) is 37.3 Å². The van der Waals surface area contributed by atoms with E-state index in [1.54, 1.807) is 20.8 Å². The molecule has 6 heteroatoms. The number of nitrogens with zero attached hydrogens (tertiary/aromatic N) is 1. The molecule has 1 aromatic rings. The summed E-state index contributed by atoms with van der Waals surface area (Å²) in [7, 11) is 0. The second kappa shape index (κ2) is 7.44. The van der Waals surface area contributed by atoms with Crippen LogP contribution >= 0.6 is 0 Å². The van der Waals surface area contributed by atoms with E-state index in [4.69, 9.17) is 9.47 Å². The fourth-order valence-corrected chi connectivity index (χ4v) is 2.77.